The lowest BCUT2D eigenvalue weighted by Gasteiger charge is -2.56. The zero-order chi connectivity index (χ0) is 17.7. The van der Waals surface area contributed by atoms with Crippen molar-refractivity contribution in [1.82, 2.24) is 10.3 Å². The quantitative estimate of drug-likeness (QED) is 0.678. The van der Waals surface area contributed by atoms with Gasteiger partial charge in [-0.1, -0.05) is 23.4 Å². The highest BCUT2D eigenvalue weighted by molar-refractivity contribution is 8.01. The first kappa shape index (κ1) is 17.3. The van der Waals surface area contributed by atoms with E-state index in [4.69, 9.17) is 11.6 Å². The second-order valence-electron chi connectivity index (χ2n) is 8.57. The molecule has 1 aromatic heterocycles. The van der Waals surface area contributed by atoms with E-state index in [0.29, 0.717) is 16.2 Å². The summed E-state index contributed by atoms with van der Waals surface area (Å²) in [6.45, 7) is 0.880. The van der Waals surface area contributed by atoms with E-state index in [1.807, 2.05) is 18.2 Å². The lowest BCUT2D eigenvalue weighted by atomic mass is 9.49. The van der Waals surface area contributed by atoms with E-state index in [0.717, 1.165) is 38.9 Å². The van der Waals surface area contributed by atoms with Crippen molar-refractivity contribution in [2.24, 2.45) is 23.2 Å². The van der Waals surface area contributed by atoms with E-state index in [-0.39, 0.29) is 5.91 Å². The second kappa shape index (κ2) is 6.68. The van der Waals surface area contributed by atoms with Crippen molar-refractivity contribution in [3.8, 4) is 0 Å². The third-order valence-electron chi connectivity index (χ3n) is 6.48. The first-order valence-corrected chi connectivity index (χ1v) is 11.7. The minimum Gasteiger partial charge on any atom is -0.355 e. The Kier molecular flexibility index (Phi) is 4.45. The van der Waals surface area contributed by atoms with Crippen molar-refractivity contribution in [3.05, 3.63) is 23.2 Å². The summed E-state index contributed by atoms with van der Waals surface area (Å²) in [6.07, 6.45) is 8.36. The maximum atomic E-state index is 12.4. The Morgan fingerprint density at radius 1 is 1.23 bits per heavy atom. The second-order valence-corrected chi connectivity index (χ2v) is 11.3. The fraction of sp³-hybridized carbons (Fsp3) is 0.600. The molecule has 4 aliphatic carbocycles. The van der Waals surface area contributed by atoms with Gasteiger partial charge in [0.25, 0.3) is 0 Å². The average Bonchev–Trinajstić information content (AvgIpc) is 2.99. The van der Waals surface area contributed by atoms with Gasteiger partial charge in [0.15, 0.2) is 4.34 Å². The SMILES string of the molecule is O=C(CSc1nc2cc(Cl)ccc2s1)NCC12CC3CC(CC(C3)C1)C2. The van der Waals surface area contributed by atoms with Crippen LogP contribution in [0.15, 0.2) is 22.5 Å². The smallest absolute Gasteiger partial charge is 0.230 e. The van der Waals surface area contributed by atoms with Crippen LogP contribution < -0.4 is 5.32 Å². The number of benzene rings is 1. The Bertz CT molecular complexity index is 814. The Balaban J connectivity index is 1.16. The Morgan fingerprint density at radius 2 is 1.92 bits per heavy atom. The van der Waals surface area contributed by atoms with E-state index in [2.05, 4.69) is 10.3 Å². The largest absolute Gasteiger partial charge is 0.355 e. The van der Waals surface area contributed by atoms with Crippen LogP contribution >= 0.6 is 34.7 Å². The topological polar surface area (TPSA) is 42.0 Å². The molecule has 6 rings (SSSR count). The monoisotopic (exact) mass is 406 g/mol. The first-order valence-electron chi connectivity index (χ1n) is 9.52. The van der Waals surface area contributed by atoms with Gasteiger partial charge in [0.1, 0.15) is 0 Å². The van der Waals surface area contributed by atoms with Crippen LogP contribution in [0.4, 0.5) is 0 Å². The molecular formula is C20H23ClN2OS2. The maximum absolute atomic E-state index is 12.4. The predicted octanol–water partition coefficient (Wildman–Crippen LogP) is 5.37. The van der Waals surface area contributed by atoms with Crippen molar-refractivity contribution in [1.29, 1.82) is 0 Å². The first-order chi connectivity index (χ1) is 12.6. The molecule has 0 atom stereocenters. The van der Waals surface area contributed by atoms with Crippen molar-refractivity contribution < 1.29 is 4.79 Å². The predicted molar refractivity (Wildman–Crippen MR) is 109 cm³/mol. The van der Waals surface area contributed by atoms with E-state index in [9.17, 15) is 4.79 Å². The van der Waals surface area contributed by atoms with Crippen LogP contribution in [0.1, 0.15) is 38.5 Å². The number of fused-ring (bicyclic) bond motifs is 1. The highest BCUT2D eigenvalue weighted by atomic mass is 35.5. The summed E-state index contributed by atoms with van der Waals surface area (Å²) in [6, 6.07) is 5.76. The number of rotatable bonds is 5. The molecule has 0 aliphatic heterocycles. The van der Waals surface area contributed by atoms with Crippen molar-refractivity contribution in [2.45, 2.75) is 42.9 Å². The van der Waals surface area contributed by atoms with E-state index in [1.54, 1.807) is 11.3 Å². The van der Waals surface area contributed by atoms with Crippen LogP contribution in [-0.2, 0) is 4.79 Å². The number of halogens is 1. The van der Waals surface area contributed by atoms with Crippen LogP contribution in [0, 0.1) is 23.2 Å². The van der Waals surface area contributed by atoms with Crippen molar-refractivity contribution >= 4 is 50.8 Å². The number of carbonyl (C=O) groups is 1. The van der Waals surface area contributed by atoms with Gasteiger partial charge in [0.2, 0.25) is 5.91 Å². The number of hydrogen-bond acceptors (Lipinski definition) is 4. The molecule has 6 heteroatoms. The number of thiazole rings is 1. The zero-order valence-corrected chi connectivity index (χ0v) is 17.1. The summed E-state index contributed by atoms with van der Waals surface area (Å²) in [4.78, 5) is 17.0. The van der Waals surface area contributed by atoms with Gasteiger partial charge in [-0.05, 0) is 79.9 Å². The Labute approximate surface area is 167 Å². The van der Waals surface area contributed by atoms with Gasteiger partial charge in [-0.3, -0.25) is 4.79 Å². The van der Waals surface area contributed by atoms with Gasteiger partial charge in [0, 0.05) is 11.6 Å². The minimum absolute atomic E-state index is 0.142. The molecule has 0 saturated heterocycles. The molecular weight excluding hydrogens is 384 g/mol. The molecule has 1 amide bonds. The molecule has 0 spiro atoms. The van der Waals surface area contributed by atoms with Crippen LogP contribution in [0.3, 0.4) is 0 Å². The highest BCUT2D eigenvalue weighted by Crippen LogP contribution is 2.59. The minimum atomic E-state index is 0.142. The normalized spacial score (nSPS) is 32.3. The van der Waals surface area contributed by atoms with Crippen molar-refractivity contribution in [2.75, 3.05) is 12.3 Å². The van der Waals surface area contributed by atoms with Crippen LogP contribution in [0.25, 0.3) is 10.2 Å². The lowest BCUT2D eigenvalue weighted by Crippen LogP contribution is -2.51. The van der Waals surface area contributed by atoms with Gasteiger partial charge in [-0.25, -0.2) is 4.98 Å². The molecule has 0 unspecified atom stereocenters. The summed E-state index contributed by atoms with van der Waals surface area (Å²) in [5, 5.41) is 3.95. The number of amides is 1. The molecule has 138 valence electrons. The Morgan fingerprint density at radius 3 is 2.62 bits per heavy atom. The summed E-state index contributed by atoms with van der Waals surface area (Å²) >= 11 is 9.18. The fourth-order valence-corrected chi connectivity index (χ4v) is 7.96. The summed E-state index contributed by atoms with van der Waals surface area (Å²) < 4.78 is 2.05. The number of nitrogens with one attached hydrogen (secondary N) is 1. The molecule has 4 saturated carbocycles. The third-order valence-corrected chi connectivity index (χ3v) is 8.90. The van der Waals surface area contributed by atoms with Gasteiger partial charge < -0.3 is 5.32 Å². The highest BCUT2D eigenvalue weighted by Gasteiger charge is 2.50. The number of hydrogen-bond donors (Lipinski definition) is 1. The van der Waals surface area contributed by atoms with Crippen molar-refractivity contribution in [3.63, 3.8) is 0 Å². The third kappa shape index (κ3) is 3.38. The standard InChI is InChI=1S/C20H23ClN2OS2/c21-15-1-2-17-16(6-15)23-19(26-17)25-10-18(24)22-11-20-7-12-3-13(8-20)5-14(4-12)9-20/h1-2,6,12-14H,3-5,7-11H2,(H,22,24). The number of aromatic nitrogens is 1. The van der Waals surface area contributed by atoms with Crippen LogP contribution in [-0.4, -0.2) is 23.2 Å². The molecule has 26 heavy (non-hydrogen) atoms. The van der Waals surface area contributed by atoms with Crippen LogP contribution in [0.5, 0.6) is 0 Å². The summed E-state index contributed by atoms with van der Waals surface area (Å²) in [5.41, 5.74) is 1.32. The van der Waals surface area contributed by atoms with Gasteiger partial charge >= 0.3 is 0 Å². The van der Waals surface area contributed by atoms with E-state index in [1.165, 1.54) is 50.3 Å². The lowest BCUT2D eigenvalue weighted by molar-refractivity contribution is -0.120. The molecule has 2 aromatic rings. The summed E-state index contributed by atoms with van der Waals surface area (Å²) in [5.74, 6) is 3.38. The fourth-order valence-electron chi connectivity index (χ4n) is 5.91. The number of nitrogens with zero attached hydrogens (tertiary/aromatic N) is 1. The van der Waals surface area contributed by atoms with Crippen LogP contribution in [0.2, 0.25) is 5.02 Å². The molecule has 3 nitrogen and oxygen atoms in total. The van der Waals surface area contributed by atoms with E-state index < -0.39 is 0 Å². The zero-order valence-electron chi connectivity index (χ0n) is 14.7. The molecule has 1 aromatic carbocycles. The molecule has 4 bridgehead atoms. The maximum Gasteiger partial charge on any atom is 0.230 e. The van der Waals surface area contributed by atoms with Gasteiger partial charge in [-0.15, -0.1) is 11.3 Å². The van der Waals surface area contributed by atoms with E-state index >= 15 is 0 Å². The van der Waals surface area contributed by atoms with Gasteiger partial charge in [0.05, 0.1) is 16.0 Å². The Hall–Kier alpha value is -0.780. The molecule has 1 heterocycles. The average molecular weight is 407 g/mol. The van der Waals surface area contributed by atoms with Gasteiger partial charge in [-0.2, -0.15) is 0 Å². The number of carbonyl (C=O) groups excluding carboxylic acids is 1. The molecule has 0 radical (unpaired) electrons. The molecule has 1 N–H and O–H groups in total. The number of thioether (sulfide) groups is 1. The summed E-state index contributed by atoms with van der Waals surface area (Å²) in [7, 11) is 0. The molecule has 4 aliphatic rings. The molecule has 4 fully saturated rings.